The van der Waals surface area contributed by atoms with Crippen molar-refractivity contribution in [3.8, 4) is 0 Å². The SMILES string of the molecule is Cc1cc(C)cc(N2C(=O)CN(Cc3ccccc3C)[C@H]3CS(=O)(=O)C[C@H]32)c1. The van der Waals surface area contributed by atoms with Crippen molar-refractivity contribution in [1.82, 2.24) is 4.90 Å². The van der Waals surface area contributed by atoms with E-state index in [1.165, 1.54) is 0 Å². The molecule has 28 heavy (non-hydrogen) atoms. The van der Waals surface area contributed by atoms with Crippen molar-refractivity contribution in [2.45, 2.75) is 39.4 Å². The first-order valence-corrected chi connectivity index (χ1v) is 11.4. The van der Waals surface area contributed by atoms with E-state index in [1.807, 2.05) is 51.1 Å². The number of anilines is 1. The van der Waals surface area contributed by atoms with Crippen LogP contribution in [0, 0.1) is 20.8 Å². The van der Waals surface area contributed by atoms with Crippen molar-refractivity contribution in [1.29, 1.82) is 0 Å². The molecule has 0 saturated carbocycles. The number of nitrogens with zero attached hydrogens (tertiary/aromatic N) is 2. The predicted octanol–water partition coefficient (Wildman–Crippen LogP) is 2.63. The standard InChI is InChI=1S/C22H26N2O3S/c1-15-8-16(2)10-19(9-15)24-21-14-28(26,27)13-20(21)23(12-22(24)25)11-18-7-5-4-6-17(18)3/h4-10,20-21H,11-14H2,1-3H3/t20-,21+/m0/s1. The number of rotatable bonds is 3. The van der Waals surface area contributed by atoms with E-state index in [-0.39, 0.29) is 36.0 Å². The topological polar surface area (TPSA) is 57.7 Å². The average molecular weight is 399 g/mol. The minimum atomic E-state index is -3.18. The van der Waals surface area contributed by atoms with Crippen molar-refractivity contribution in [3.05, 3.63) is 64.7 Å². The van der Waals surface area contributed by atoms with Crippen LogP contribution in [0.3, 0.4) is 0 Å². The molecule has 0 N–H and O–H groups in total. The monoisotopic (exact) mass is 398 g/mol. The zero-order valence-electron chi connectivity index (χ0n) is 16.6. The fourth-order valence-electron chi connectivity index (χ4n) is 4.56. The van der Waals surface area contributed by atoms with Crippen LogP contribution in [0.1, 0.15) is 22.3 Å². The van der Waals surface area contributed by atoms with Gasteiger partial charge in [0, 0.05) is 18.3 Å². The first kappa shape index (κ1) is 19.2. The lowest BCUT2D eigenvalue weighted by Gasteiger charge is -2.43. The summed E-state index contributed by atoms with van der Waals surface area (Å²) in [4.78, 5) is 16.9. The van der Waals surface area contributed by atoms with Gasteiger partial charge in [0.05, 0.1) is 24.1 Å². The van der Waals surface area contributed by atoms with Gasteiger partial charge in [-0.05, 0) is 55.2 Å². The first-order chi connectivity index (χ1) is 13.2. The molecule has 0 unspecified atom stereocenters. The van der Waals surface area contributed by atoms with Gasteiger partial charge < -0.3 is 4.90 Å². The molecule has 0 bridgehead atoms. The van der Waals surface area contributed by atoms with E-state index in [4.69, 9.17) is 0 Å². The first-order valence-electron chi connectivity index (χ1n) is 9.63. The second-order valence-corrected chi connectivity index (χ2v) is 10.3. The summed E-state index contributed by atoms with van der Waals surface area (Å²) in [6.07, 6.45) is 0. The van der Waals surface area contributed by atoms with Crippen LogP contribution in [0.4, 0.5) is 5.69 Å². The Labute approximate surface area is 166 Å². The van der Waals surface area contributed by atoms with Crippen molar-refractivity contribution in [3.63, 3.8) is 0 Å². The average Bonchev–Trinajstić information content (AvgIpc) is 2.91. The largest absolute Gasteiger partial charge is 0.306 e. The lowest BCUT2D eigenvalue weighted by Crippen LogP contribution is -2.61. The van der Waals surface area contributed by atoms with Crippen molar-refractivity contribution < 1.29 is 13.2 Å². The molecule has 5 nitrogen and oxygen atoms in total. The van der Waals surface area contributed by atoms with Gasteiger partial charge in [-0.2, -0.15) is 0 Å². The highest BCUT2D eigenvalue weighted by Crippen LogP contribution is 2.33. The molecule has 1 amide bonds. The number of fused-ring (bicyclic) bond motifs is 1. The Morgan fingerprint density at radius 2 is 1.61 bits per heavy atom. The van der Waals surface area contributed by atoms with E-state index >= 15 is 0 Å². The Bertz CT molecular complexity index is 1010. The third kappa shape index (κ3) is 3.59. The number of carbonyl (C=O) groups is 1. The maximum absolute atomic E-state index is 13.1. The van der Waals surface area contributed by atoms with Crippen molar-refractivity contribution in [2.75, 3.05) is 23.0 Å². The molecule has 0 radical (unpaired) electrons. The molecule has 0 aliphatic carbocycles. The summed E-state index contributed by atoms with van der Waals surface area (Å²) in [6.45, 7) is 6.87. The predicted molar refractivity (Wildman–Crippen MR) is 111 cm³/mol. The van der Waals surface area contributed by atoms with Gasteiger partial charge in [-0.1, -0.05) is 30.3 Å². The Kier molecular flexibility index (Phi) is 4.79. The number of carbonyl (C=O) groups excluding carboxylic acids is 1. The molecule has 2 fully saturated rings. The molecule has 0 spiro atoms. The van der Waals surface area contributed by atoms with Crippen LogP contribution in [-0.4, -0.2) is 49.4 Å². The fourth-order valence-corrected chi connectivity index (χ4v) is 6.54. The highest BCUT2D eigenvalue weighted by Gasteiger charge is 2.49. The van der Waals surface area contributed by atoms with Crippen LogP contribution in [0.25, 0.3) is 0 Å². The molecule has 2 saturated heterocycles. The summed E-state index contributed by atoms with van der Waals surface area (Å²) >= 11 is 0. The van der Waals surface area contributed by atoms with Gasteiger partial charge in [-0.15, -0.1) is 0 Å². The second kappa shape index (κ2) is 7.01. The molecule has 2 aliphatic rings. The van der Waals surface area contributed by atoms with Crippen LogP contribution >= 0.6 is 0 Å². The molecule has 2 atom stereocenters. The van der Waals surface area contributed by atoms with Gasteiger partial charge >= 0.3 is 0 Å². The minimum Gasteiger partial charge on any atom is -0.306 e. The smallest absolute Gasteiger partial charge is 0.241 e. The van der Waals surface area contributed by atoms with E-state index in [9.17, 15) is 13.2 Å². The summed E-state index contributed by atoms with van der Waals surface area (Å²) in [5.74, 6) is 0.107. The van der Waals surface area contributed by atoms with Gasteiger partial charge in [0.2, 0.25) is 5.91 Å². The normalized spacial score (nSPS) is 24.4. The zero-order chi connectivity index (χ0) is 20.1. The Morgan fingerprint density at radius 3 is 2.29 bits per heavy atom. The molecule has 2 heterocycles. The fraction of sp³-hybridized carbons (Fsp3) is 0.409. The zero-order valence-corrected chi connectivity index (χ0v) is 17.4. The lowest BCUT2D eigenvalue weighted by molar-refractivity contribution is -0.123. The number of benzene rings is 2. The summed E-state index contributed by atoms with van der Waals surface area (Å²) in [6, 6.07) is 13.6. The highest BCUT2D eigenvalue weighted by atomic mass is 32.2. The summed E-state index contributed by atoms with van der Waals surface area (Å²) in [7, 11) is -3.18. The number of aryl methyl sites for hydroxylation is 3. The van der Waals surface area contributed by atoms with E-state index < -0.39 is 9.84 Å². The molecule has 0 aromatic heterocycles. The number of hydrogen-bond acceptors (Lipinski definition) is 4. The molecule has 2 aliphatic heterocycles. The van der Waals surface area contributed by atoms with Crippen LogP contribution in [0.15, 0.2) is 42.5 Å². The van der Waals surface area contributed by atoms with Gasteiger partial charge in [-0.3, -0.25) is 9.69 Å². The van der Waals surface area contributed by atoms with Crippen LogP contribution in [0.2, 0.25) is 0 Å². The molecule has 6 heteroatoms. The van der Waals surface area contributed by atoms with Gasteiger partial charge in [0.1, 0.15) is 0 Å². The summed E-state index contributed by atoms with van der Waals surface area (Å²) in [5.41, 5.74) is 5.25. The third-order valence-corrected chi connectivity index (χ3v) is 7.52. The summed E-state index contributed by atoms with van der Waals surface area (Å²) < 4.78 is 25.0. The van der Waals surface area contributed by atoms with E-state index in [2.05, 4.69) is 17.0 Å². The van der Waals surface area contributed by atoms with E-state index in [0.717, 1.165) is 27.9 Å². The molecule has 148 valence electrons. The number of hydrogen-bond donors (Lipinski definition) is 0. The van der Waals surface area contributed by atoms with Crippen molar-refractivity contribution in [2.24, 2.45) is 0 Å². The van der Waals surface area contributed by atoms with Crippen LogP contribution in [0.5, 0.6) is 0 Å². The quantitative estimate of drug-likeness (QED) is 0.798. The second-order valence-electron chi connectivity index (χ2n) is 8.15. The van der Waals surface area contributed by atoms with Crippen LogP contribution < -0.4 is 4.90 Å². The van der Waals surface area contributed by atoms with E-state index in [0.29, 0.717) is 6.54 Å². The lowest BCUT2D eigenvalue weighted by atomic mass is 10.00. The summed E-state index contributed by atoms with van der Waals surface area (Å²) in [5, 5.41) is 0. The van der Waals surface area contributed by atoms with Crippen LogP contribution in [-0.2, 0) is 21.2 Å². The van der Waals surface area contributed by atoms with E-state index in [1.54, 1.807) is 4.90 Å². The maximum Gasteiger partial charge on any atom is 0.241 e. The molecule has 2 aromatic carbocycles. The van der Waals surface area contributed by atoms with Crippen molar-refractivity contribution >= 4 is 21.4 Å². The highest BCUT2D eigenvalue weighted by molar-refractivity contribution is 7.91. The van der Waals surface area contributed by atoms with Gasteiger partial charge in [-0.25, -0.2) is 8.42 Å². The number of sulfone groups is 1. The van der Waals surface area contributed by atoms with Gasteiger partial charge in [0.25, 0.3) is 0 Å². The Morgan fingerprint density at radius 1 is 0.964 bits per heavy atom. The molecular weight excluding hydrogens is 372 g/mol. The Balaban J connectivity index is 1.70. The molecule has 4 rings (SSSR count). The van der Waals surface area contributed by atoms with Gasteiger partial charge in [0.15, 0.2) is 9.84 Å². The number of amides is 1. The third-order valence-electron chi connectivity index (χ3n) is 5.82. The molecule has 2 aromatic rings. The Hall–Kier alpha value is -2.18. The number of piperazine rings is 1. The minimum absolute atomic E-state index is 0.0284. The maximum atomic E-state index is 13.1. The molecular formula is C22H26N2O3S.